The largest absolute Gasteiger partial charge is 0.497 e. The van der Waals surface area contributed by atoms with Gasteiger partial charge < -0.3 is 14.8 Å². The smallest absolute Gasteiger partial charge is 0.326 e. The Labute approximate surface area is 121 Å². The van der Waals surface area contributed by atoms with E-state index in [1.807, 2.05) is 18.2 Å². The first-order chi connectivity index (χ1) is 9.15. The lowest BCUT2D eigenvalue weighted by Crippen LogP contribution is -2.31. The molecule has 0 saturated heterocycles. The van der Waals surface area contributed by atoms with E-state index in [4.69, 9.17) is 21.7 Å². The van der Waals surface area contributed by atoms with Gasteiger partial charge in [-0.3, -0.25) is 4.79 Å². The van der Waals surface area contributed by atoms with E-state index in [0.29, 0.717) is 17.3 Å². The second kappa shape index (κ2) is 6.25. The molecule has 1 aliphatic heterocycles. The van der Waals surface area contributed by atoms with Crippen LogP contribution < -0.4 is 10.1 Å². The van der Waals surface area contributed by atoms with Crippen LogP contribution in [0.5, 0.6) is 5.75 Å². The molecule has 1 aromatic rings. The first-order valence-corrected chi connectivity index (χ1v) is 7.37. The van der Waals surface area contributed by atoms with E-state index in [-0.39, 0.29) is 5.97 Å². The Morgan fingerprint density at radius 1 is 1.58 bits per heavy atom. The van der Waals surface area contributed by atoms with E-state index in [9.17, 15) is 4.79 Å². The topological polar surface area (TPSA) is 47.6 Å². The van der Waals surface area contributed by atoms with Gasteiger partial charge in [-0.2, -0.15) is 0 Å². The van der Waals surface area contributed by atoms with Gasteiger partial charge >= 0.3 is 5.97 Å². The molecule has 1 unspecified atom stereocenters. The van der Waals surface area contributed by atoms with Gasteiger partial charge in [0.15, 0.2) is 5.25 Å². The Balaban J connectivity index is 2.20. The third-order valence-corrected chi connectivity index (χ3v) is 4.44. The highest BCUT2D eigenvalue weighted by Gasteiger charge is 2.28. The predicted molar refractivity (Wildman–Crippen MR) is 80.9 cm³/mol. The number of rotatable bonds is 3. The maximum atomic E-state index is 11.8. The molecule has 0 amide bonds. The highest BCUT2D eigenvalue weighted by molar-refractivity contribution is 8.01. The highest BCUT2D eigenvalue weighted by atomic mass is 32.2. The zero-order chi connectivity index (χ0) is 13.8. The van der Waals surface area contributed by atoms with E-state index in [1.54, 1.807) is 14.0 Å². The summed E-state index contributed by atoms with van der Waals surface area (Å²) in [6, 6.07) is 5.73. The Morgan fingerprint density at radius 2 is 2.37 bits per heavy atom. The highest BCUT2D eigenvalue weighted by Crippen LogP contribution is 2.32. The average Bonchev–Trinajstić information content (AvgIpc) is 2.56. The number of nitrogens with one attached hydrogen (secondary N) is 1. The molecule has 1 aliphatic rings. The summed E-state index contributed by atoms with van der Waals surface area (Å²) in [6.45, 7) is 2.15. The second-order valence-electron chi connectivity index (χ2n) is 3.96. The van der Waals surface area contributed by atoms with Crippen molar-refractivity contribution >= 4 is 40.6 Å². The zero-order valence-electron chi connectivity index (χ0n) is 10.8. The Hall–Kier alpha value is -1.27. The van der Waals surface area contributed by atoms with Crippen molar-refractivity contribution in [1.82, 2.24) is 0 Å². The van der Waals surface area contributed by atoms with Crippen LogP contribution in [0.25, 0.3) is 0 Å². The van der Waals surface area contributed by atoms with Crippen molar-refractivity contribution < 1.29 is 14.3 Å². The van der Waals surface area contributed by atoms with E-state index in [2.05, 4.69) is 5.32 Å². The SMILES string of the molecule is CCOC(=O)C1SCc2cc(OC)ccc2NC1=S. The molecule has 6 heteroatoms. The lowest BCUT2D eigenvalue weighted by Gasteiger charge is -2.13. The minimum absolute atomic E-state index is 0.287. The van der Waals surface area contributed by atoms with E-state index in [0.717, 1.165) is 17.0 Å². The number of benzene rings is 1. The van der Waals surface area contributed by atoms with Crippen LogP contribution in [0.15, 0.2) is 18.2 Å². The molecule has 1 atom stereocenters. The van der Waals surface area contributed by atoms with Gasteiger partial charge in [0.25, 0.3) is 0 Å². The van der Waals surface area contributed by atoms with Crippen molar-refractivity contribution in [2.75, 3.05) is 19.0 Å². The Bertz CT molecular complexity index is 505. The fourth-order valence-electron chi connectivity index (χ4n) is 1.78. The first-order valence-electron chi connectivity index (χ1n) is 5.91. The van der Waals surface area contributed by atoms with Gasteiger partial charge in [-0.1, -0.05) is 12.2 Å². The molecule has 0 aliphatic carbocycles. The summed E-state index contributed by atoms with van der Waals surface area (Å²) in [6.07, 6.45) is 0. The summed E-state index contributed by atoms with van der Waals surface area (Å²) < 4.78 is 10.2. The van der Waals surface area contributed by atoms with Crippen molar-refractivity contribution in [2.45, 2.75) is 17.9 Å². The maximum Gasteiger partial charge on any atom is 0.326 e. The van der Waals surface area contributed by atoms with Gasteiger partial charge in [0.05, 0.1) is 13.7 Å². The zero-order valence-corrected chi connectivity index (χ0v) is 12.4. The summed E-state index contributed by atoms with van der Waals surface area (Å²) in [5, 5.41) is 2.67. The summed E-state index contributed by atoms with van der Waals surface area (Å²) in [5.74, 6) is 1.19. The van der Waals surface area contributed by atoms with Crippen LogP contribution >= 0.6 is 24.0 Å². The van der Waals surface area contributed by atoms with E-state index in [1.165, 1.54) is 11.8 Å². The number of thioether (sulfide) groups is 1. The fraction of sp³-hybridized carbons (Fsp3) is 0.385. The minimum atomic E-state index is -0.451. The van der Waals surface area contributed by atoms with Gasteiger partial charge in [-0.25, -0.2) is 0 Å². The minimum Gasteiger partial charge on any atom is -0.497 e. The lowest BCUT2D eigenvalue weighted by molar-refractivity contribution is -0.141. The summed E-state index contributed by atoms with van der Waals surface area (Å²) in [4.78, 5) is 12.3. The van der Waals surface area contributed by atoms with Crippen molar-refractivity contribution in [1.29, 1.82) is 0 Å². The number of methoxy groups -OCH3 is 1. The molecular weight excluding hydrogens is 282 g/mol. The van der Waals surface area contributed by atoms with Crippen LogP contribution in [0.3, 0.4) is 0 Å². The molecule has 2 rings (SSSR count). The number of fused-ring (bicyclic) bond motifs is 1. The molecule has 0 saturated carbocycles. The number of carbonyl (C=O) groups excluding carboxylic acids is 1. The summed E-state index contributed by atoms with van der Waals surface area (Å²) >= 11 is 6.75. The number of thiocarbonyl (C=S) groups is 1. The van der Waals surface area contributed by atoms with Crippen LogP contribution in [0.4, 0.5) is 5.69 Å². The number of esters is 1. The van der Waals surface area contributed by atoms with Crippen molar-refractivity contribution in [3.63, 3.8) is 0 Å². The lowest BCUT2D eigenvalue weighted by atomic mass is 10.2. The van der Waals surface area contributed by atoms with E-state index >= 15 is 0 Å². The quantitative estimate of drug-likeness (QED) is 0.683. The van der Waals surface area contributed by atoms with Crippen molar-refractivity contribution in [3.05, 3.63) is 23.8 Å². The molecule has 0 bridgehead atoms. The molecule has 0 aromatic heterocycles. The molecule has 0 fully saturated rings. The molecule has 0 radical (unpaired) electrons. The van der Waals surface area contributed by atoms with Crippen molar-refractivity contribution in [2.24, 2.45) is 0 Å². The van der Waals surface area contributed by atoms with Gasteiger partial charge in [0, 0.05) is 11.4 Å². The number of anilines is 1. The molecular formula is C13H15NO3S2. The number of hydrogen-bond acceptors (Lipinski definition) is 5. The average molecular weight is 297 g/mol. The number of ether oxygens (including phenoxy) is 2. The summed E-state index contributed by atoms with van der Waals surface area (Å²) in [5.41, 5.74) is 1.99. The predicted octanol–water partition coefficient (Wildman–Crippen LogP) is 2.61. The molecule has 1 heterocycles. The molecule has 4 nitrogen and oxygen atoms in total. The van der Waals surface area contributed by atoms with Gasteiger partial charge in [-0.05, 0) is 30.7 Å². The van der Waals surface area contributed by atoms with Crippen LogP contribution in [-0.2, 0) is 15.3 Å². The third kappa shape index (κ3) is 3.19. The molecule has 102 valence electrons. The Kier molecular flexibility index (Phi) is 4.66. The van der Waals surface area contributed by atoms with Gasteiger partial charge in [-0.15, -0.1) is 11.8 Å². The first kappa shape index (κ1) is 14.1. The van der Waals surface area contributed by atoms with Crippen LogP contribution in [0.2, 0.25) is 0 Å². The van der Waals surface area contributed by atoms with Gasteiger partial charge in [0.1, 0.15) is 10.7 Å². The number of hydrogen-bond donors (Lipinski definition) is 1. The Morgan fingerprint density at radius 3 is 3.05 bits per heavy atom. The normalized spacial score (nSPS) is 18.0. The third-order valence-electron chi connectivity index (χ3n) is 2.71. The molecule has 1 N–H and O–H groups in total. The van der Waals surface area contributed by atoms with Crippen LogP contribution in [0.1, 0.15) is 12.5 Å². The molecule has 0 spiro atoms. The number of carbonyl (C=O) groups is 1. The summed E-state index contributed by atoms with van der Waals surface area (Å²) in [7, 11) is 1.63. The van der Waals surface area contributed by atoms with Crippen molar-refractivity contribution in [3.8, 4) is 5.75 Å². The van der Waals surface area contributed by atoms with Crippen LogP contribution in [-0.4, -0.2) is 29.9 Å². The molecule has 19 heavy (non-hydrogen) atoms. The van der Waals surface area contributed by atoms with Gasteiger partial charge in [0.2, 0.25) is 0 Å². The second-order valence-corrected chi connectivity index (χ2v) is 5.49. The monoisotopic (exact) mass is 297 g/mol. The standard InChI is InChI=1S/C13H15NO3S2/c1-3-17-13(15)11-12(18)14-10-5-4-9(16-2)6-8(10)7-19-11/h4-6,11H,3,7H2,1-2H3,(H,14,18). The van der Waals surface area contributed by atoms with E-state index < -0.39 is 5.25 Å². The fourth-order valence-corrected chi connectivity index (χ4v) is 3.19. The maximum absolute atomic E-state index is 11.8. The molecule has 1 aromatic carbocycles. The van der Waals surface area contributed by atoms with Crippen LogP contribution in [0, 0.1) is 0 Å².